The average Bonchev–Trinajstić information content (AvgIpc) is 2.97. The number of imidazole rings is 1. The van der Waals surface area contributed by atoms with Gasteiger partial charge in [-0.2, -0.15) is 4.31 Å². The maximum atomic E-state index is 12.8. The summed E-state index contributed by atoms with van der Waals surface area (Å²) in [5.41, 5.74) is 5.26. The van der Waals surface area contributed by atoms with Crippen LogP contribution in [0, 0.1) is 0 Å². The minimum atomic E-state index is -4.01. The van der Waals surface area contributed by atoms with Gasteiger partial charge in [0.1, 0.15) is 6.04 Å². The van der Waals surface area contributed by atoms with Gasteiger partial charge in [0.05, 0.1) is 13.2 Å². The lowest BCUT2D eigenvalue weighted by molar-refractivity contribution is -0.125. The van der Waals surface area contributed by atoms with E-state index in [0.717, 1.165) is 4.31 Å². The molecule has 1 saturated heterocycles. The second kappa shape index (κ2) is 5.21. The van der Waals surface area contributed by atoms with Crippen molar-refractivity contribution in [1.82, 2.24) is 13.7 Å². The number of nitrogens with zero attached hydrogens (tertiary/aromatic N) is 3. The molecule has 1 aliphatic rings. The Bertz CT molecular complexity index is 799. The van der Waals surface area contributed by atoms with Crippen LogP contribution < -0.4 is 5.73 Å². The van der Waals surface area contributed by atoms with Gasteiger partial charge in [0.15, 0.2) is 15.1 Å². The first kappa shape index (κ1) is 14.7. The number of amides is 1. The molecule has 2 aromatic heterocycles. The van der Waals surface area contributed by atoms with Crippen molar-refractivity contribution in [3.05, 3.63) is 16.7 Å². The Morgan fingerprint density at radius 2 is 2.33 bits per heavy atom. The van der Waals surface area contributed by atoms with E-state index in [1.807, 2.05) is 0 Å². The summed E-state index contributed by atoms with van der Waals surface area (Å²) in [6.07, 6.45) is 1.56. The maximum absolute atomic E-state index is 12.8. The van der Waals surface area contributed by atoms with Crippen molar-refractivity contribution in [2.45, 2.75) is 11.1 Å². The van der Waals surface area contributed by atoms with Gasteiger partial charge in [-0.05, 0) is 0 Å². The molecule has 2 N–H and O–H groups in total. The van der Waals surface area contributed by atoms with Crippen molar-refractivity contribution >= 4 is 43.8 Å². The van der Waals surface area contributed by atoms with E-state index in [-0.39, 0.29) is 29.9 Å². The molecule has 0 bridgehead atoms. The predicted octanol–water partition coefficient (Wildman–Crippen LogP) is -0.0760. The number of fused-ring (bicyclic) bond motifs is 1. The molecule has 0 aliphatic carbocycles. The van der Waals surface area contributed by atoms with Crippen molar-refractivity contribution in [1.29, 1.82) is 0 Å². The van der Waals surface area contributed by atoms with Gasteiger partial charge in [-0.25, -0.2) is 13.4 Å². The number of ether oxygens (including phenoxy) is 1. The lowest BCUT2D eigenvalue weighted by Crippen LogP contribution is -2.54. The Labute approximate surface area is 129 Å². The van der Waals surface area contributed by atoms with Crippen molar-refractivity contribution in [3.63, 3.8) is 0 Å². The topological polar surface area (TPSA) is 107 Å². The van der Waals surface area contributed by atoms with Crippen LogP contribution in [0.25, 0.3) is 4.96 Å². The first-order valence-corrected chi connectivity index (χ1v) is 8.62. The number of aromatic nitrogens is 2. The molecule has 8 nitrogen and oxygen atoms in total. The third-order valence-corrected chi connectivity index (χ3v) is 6.20. The van der Waals surface area contributed by atoms with Gasteiger partial charge < -0.3 is 10.5 Å². The molecule has 3 heterocycles. The van der Waals surface area contributed by atoms with Crippen LogP contribution in [-0.4, -0.2) is 53.8 Å². The lowest BCUT2D eigenvalue weighted by Gasteiger charge is -2.32. The van der Waals surface area contributed by atoms with E-state index in [4.69, 9.17) is 22.1 Å². The second-order valence-corrected chi connectivity index (χ2v) is 7.41. The van der Waals surface area contributed by atoms with Crippen LogP contribution in [0.15, 0.2) is 16.6 Å². The number of primary amides is 1. The van der Waals surface area contributed by atoms with Gasteiger partial charge in [-0.1, -0.05) is 11.6 Å². The minimum Gasteiger partial charge on any atom is -0.378 e. The zero-order valence-corrected chi connectivity index (χ0v) is 13.0. The lowest BCUT2D eigenvalue weighted by atomic mass is 10.3. The second-order valence-electron chi connectivity index (χ2n) is 4.37. The van der Waals surface area contributed by atoms with Gasteiger partial charge >= 0.3 is 0 Å². The van der Waals surface area contributed by atoms with E-state index < -0.39 is 22.0 Å². The van der Waals surface area contributed by atoms with Crippen molar-refractivity contribution in [2.75, 3.05) is 19.8 Å². The van der Waals surface area contributed by atoms with E-state index in [1.54, 1.807) is 11.6 Å². The molecule has 1 unspecified atom stereocenters. The number of hydrogen-bond acceptors (Lipinski definition) is 6. The molecule has 3 rings (SSSR count). The van der Waals surface area contributed by atoms with E-state index in [0.29, 0.717) is 4.96 Å². The highest BCUT2D eigenvalue weighted by molar-refractivity contribution is 7.89. The number of rotatable bonds is 3. The number of halogens is 1. The van der Waals surface area contributed by atoms with Gasteiger partial charge in [0.2, 0.25) is 5.91 Å². The highest BCUT2D eigenvalue weighted by Gasteiger charge is 2.40. The van der Waals surface area contributed by atoms with E-state index >= 15 is 0 Å². The minimum absolute atomic E-state index is 0.0314. The molecule has 0 radical (unpaired) electrons. The largest absolute Gasteiger partial charge is 0.378 e. The first-order chi connectivity index (χ1) is 9.93. The molecule has 11 heteroatoms. The normalized spacial score (nSPS) is 20.9. The van der Waals surface area contributed by atoms with Gasteiger partial charge in [-0.15, -0.1) is 11.3 Å². The quantitative estimate of drug-likeness (QED) is 0.833. The van der Waals surface area contributed by atoms with Crippen LogP contribution in [-0.2, 0) is 19.6 Å². The maximum Gasteiger partial charge on any atom is 0.263 e. The van der Waals surface area contributed by atoms with Crippen LogP contribution in [0.2, 0.25) is 5.15 Å². The summed E-state index contributed by atoms with van der Waals surface area (Å²) in [7, 11) is -4.01. The van der Waals surface area contributed by atoms with Crippen LogP contribution in [0.5, 0.6) is 0 Å². The number of carbonyl (C=O) groups is 1. The van der Waals surface area contributed by atoms with E-state index in [9.17, 15) is 13.2 Å². The molecule has 1 aliphatic heterocycles. The Morgan fingerprint density at radius 3 is 3.05 bits per heavy atom. The summed E-state index contributed by atoms with van der Waals surface area (Å²) in [5.74, 6) is -0.763. The summed E-state index contributed by atoms with van der Waals surface area (Å²) < 4.78 is 33.2. The summed E-state index contributed by atoms with van der Waals surface area (Å²) in [6.45, 7) is 0.146. The van der Waals surface area contributed by atoms with Crippen LogP contribution in [0.3, 0.4) is 0 Å². The summed E-state index contributed by atoms with van der Waals surface area (Å²) in [6, 6.07) is -1.05. The smallest absolute Gasteiger partial charge is 0.263 e. The van der Waals surface area contributed by atoms with E-state index in [1.165, 1.54) is 15.7 Å². The van der Waals surface area contributed by atoms with Crippen molar-refractivity contribution in [3.8, 4) is 0 Å². The monoisotopic (exact) mass is 350 g/mol. The van der Waals surface area contributed by atoms with Crippen LogP contribution in [0.4, 0.5) is 0 Å². The van der Waals surface area contributed by atoms with Gasteiger partial charge in [0, 0.05) is 18.1 Å². The fourth-order valence-electron chi connectivity index (χ4n) is 2.18. The number of sulfonamides is 1. The predicted molar refractivity (Wildman–Crippen MR) is 75.8 cm³/mol. The summed E-state index contributed by atoms with van der Waals surface area (Å²) in [5, 5.41) is 1.41. The third-order valence-electron chi connectivity index (χ3n) is 3.14. The van der Waals surface area contributed by atoms with Gasteiger partial charge in [0.25, 0.3) is 10.0 Å². The molecule has 2 aromatic rings. The first-order valence-electron chi connectivity index (χ1n) is 5.93. The molecular weight excluding hydrogens is 340 g/mol. The molecule has 114 valence electrons. The Morgan fingerprint density at radius 1 is 1.57 bits per heavy atom. The van der Waals surface area contributed by atoms with E-state index in [2.05, 4.69) is 4.98 Å². The molecule has 1 atom stereocenters. The highest BCUT2D eigenvalue weighted by atomic mass is 35.5. The highest BCUT2D eigenvalue weighted by Crippen LogP contribution is 2.29. The number of thiazole rings is 1. The zero-order valence-electron chi connectivity index (χ0n) is 10.6. The van der Waals surface area contributed by atoms with Crippen LogP contribution >= 0.6 is 22.9 Å². The Balaban J connectivity index is 2.13. The zero-order chi connectivity index (χ0) is 15.2. The molecule has 1 amide bonds. The summed E-state index contributed by atoms with van der Waals surface area (Å²) >= 11 is 7.22. The van der Waals surface area contributed by atoms with Crippen molar-refractivity contribution in [2.24, 2.45) is 5.73 Å². The van der Waals surface area contributed by atoms with Crippen LogP contribution in [0.1, 0.15) is 0 Å². The fourth-order valence-corrected chi connectivity index (χ4v) is 5.16. The number of nitrogens with two attached hydrogens (primary N) is 1. The fraction of sp³-hybridized carbons (Fsp3) is 0.400. The van der Waals surface area contributed by atoms with Crippen molar-refractivity contribution < 1.29 is 17.9 Å². The molecule has 0 aromatic carbocycles. The Hall–Kier alpha value is -1.20. The number of carbonyl (C=O) groups excluding carboxylic acids is 1. The van der Waals surface area contributed by atoms with Gasteiger partial charge in [-0.3, -0.25) is 9.20 Å². The number of hydrogen-bond donors (Lipinski definition) is 1. The molecule has 0 spiro atoms. The summed E-state index contributed by atoms with van der Waals surface area (Å²) in [4.78, 5) is 15.9. The average molecular weight is 351 g/mol. The standard InChI is InChI=1S/C10H11ClN4O4S2/c11-7-9(14-2-4-20-10(14)13-7)21(17,18)15-1-3-19-5-6(15)8(12)16/h2,4,6H,1,3,5H2,(H2,12,16). The SMILES string of the molecule is NC(=O)C1COCCN1S(=O)(=O)c1c(Cl)nc2sccn12. The number of morpholine rings is 1. The molecule has 1 fully saturated rings. The molecule has 0 saturated carbocycles. The molecular formula is C10H11ClN4O4S2. The molecule has 21 heavy (non-hydrogen) atoms. The third kappa shape index (κ3) is 2.32. The Kier molecular flexibility index (Phi) is 3.66.